The van der Waals surface area contributed by atoms with Crippen LogP contribution in [0.2, 0.25) is 0 Å². The van der Waals surface area contributed by atoms with Crippen LogP contribution in [-0.2, 0) is 4.79 Å². The molecular formula is C15H21NO3. The number of nitrogens with zero attached hydrogens (tertiary/aromatic N) is 1. The second-order valence-corrected chi connectivity index (χ2v) is 4.90. The molecule has 4 nitrogen and oxygen atoms in total. The molecule has 0 aromatic heterocycles. The summed E-state index contributed by atoms with van der Waals surface area (Å²) in [6.45, 7) is 2.46. The Hall–Kier alpha value is -1.55. The van der Waals surface area contributed by atoms with Crippen LogP contribution in [0.3, 0.4) is 0 Å². The molecule has 2 rings (SSSR count). The van der Waals surface area contributed by atoms with Gasteiger partial charge in [0.1, 0.15) is 11.8 Å². The van der Waals surface area contributed by atoms with E-state index in [-0.39, 0.29) is 6.04 Å². The number of aliphatic carboxylic acids is 1. The summed E-state index contributed by atoms with van der Waals surface area (Å²) in [5.74, 6) is 0.213. The lowest BCUT2D eigenvalue weighted by molar-refractivity contribution is -0.142. The van der Waals surface area contributed by atoms with Gasteiger partial charge in [-0.1, -0.05) is 18.2 Å². The first-order valence-corrected chi connectivity index (χ1v) is 6.92. The fourth-order valence-corrected chi connectivity index (χ4v) is 2.50. The molecule has 1 aromatic carbocycles. The van der Waals surface area contributed by atoms with E-state index >= 15 is 0 Å². The SMILES string of the molecule is O=C(O)[C@@H]1CCCN1CCCCOc1ccccc1. The Morgan fingerprint density at radius 3 is 2.84 bits per heavy atom. The minimum atomic E-state index is -0.682. The van der Waals surface area contributed by atoms with Gasteiger partial charge in [0.25, 0.3) is 0 Å². The minimum Gasteiger partial charge on any atom is -0.494 e. The maximum absolute atomic E-state index is 11.0. The van der Waals surface area contributed by atoms with Gasteiger partial charge in [-0.15, -0.1) is 0 Å². The average Bonchev–Trinajstić information content (AvgIpc) is 2.88. The van der Waals surface area contributed by atoms with E-state index in [1.54, 1.807) is 0 Å². The molecule has 0 radical (unpaired) electrons. The molecule has 4 heteroatoms. The van der Waals surface area contributed by atoms with Gasteiger partial charge in [-0.3, -0.25) is 9.69 Å². The molecule has 1 atom stereocenters. The van der Waals surface area contributed by atoms with Crippen molar-refractivity contribution in [3.63, 3.8) is 0 Å². The molecule has 0 spiro atoms. The van der Waals surface area contributed by atoms with E-state index < -0.39 is 5.97 Å². The zero-order valence-corrected chi connectivity index (χ0v) is 11.1. The molecule has 104 valence electrons. The highest BCUT2D eigenvalue weighted by molar-refractivity contribution is 5.73. The molecule has 0 amide bonds. The van der Waals surface area contributed by atoms with Gasteiger partial charge in [0.15, 0.2) is 0 Å². The number of para-hydroxylation sites is 1. The summed E-state index contributed by atoms with van der Waals surface area (Å²) in [4.78, 5) is 13.1. The monoisotopic (exact) mass is 263 g/mol. The smallest absolute Gasteiger partial charge is 0.320 e. The van der Waals surface area contributed by atoms with Crippen molar-refractivity contribution in [3.8, 4) is 5.75 Å². The Bertz CT molecular complexity index is 394. The zero-order chi connectivity index (χ0) is 13.5. The molecule has 0 bridgehead atoms. The topological polar surface area (TPSA) is 49.8 Å². The number of hydrogen-bond acceptors (Lipinski definition) is 3. The van der Waals surface area contributed by atoms with E-state index in [1.807, 2.05) is 30.3 Å². The third kappa shape index (κ3) is 4.24. The fourth-order valence-electron chi connectivity index (χ4n) is 2.50. The van der Waals surface area contributed by atoms with E-state index in [9.17, 15) is 4.79 Å². The molecule has 0 unspecified atom stereocenters. The Kier molecular flexibility index (Phi) is 5.21. The number of ether oxygens (including phenoxy) is 1. The molecule has 1 aliphatic heterocycles. The maximum atomic E-state index is 11.0. The third-order valence-electron chi connectivity index (χ3n) is 3.50. The van der Waals surface area contributed by atoms with Crippen molar-refractivity contribution < 1.29 is 14.6 Å². The van der Waals surface area contributed by atoms with E-state index in [0.717, 1.165) is 44.5 Å². The summed E-state index contributed by atoms with van der Waals surface area (Å²) in [6, 6.07) is 9.50. The number of unbranched alkanes of at least 4 members (excludes halogenated alkanes) is 1. The number of likely N-dealkylation sites (tertiary alicyclic amines) is 1. The number of carbonyl (C=O) groups is 1. The lowest BCUT2D eigenvalue weighted by Crippen LogP contribution is -2.36. The van der Waals surface area contributed by atoms with Crippen LogP contribution in [0, 0.1) is 0 Å². The Labute approximate surface area is 114 Å². The summed E-state index contributed by atoms with van der Waals surface area (Å²) in [5, 5.41) is 9.07. The van der Waals surface area contributed by atoms with Crippen molar-refractivity contribution in [2.75, 3.05) is 19.7 Å². The molecular weight excluding hydrogens is 242 g/mol. The van der Waals surface area contributed by atoms with Crippen LogP contribution < -0.4 is 4.74 Å². The van der Waals surface area contributed by atoms with Crippen LogP contribution >= 0.6 is 0 Å². The second-order valence-electron chi connectivity index (χ2n) is 4.90. The Morgan fingerprint density at radius 1 is 1.32 bits per heavy atom. The van der Waals surface area contributed by atoms with Crippen molar-refractivity contribution in [2.45, 2.75) is 31.7 Å². The van der Waals surface area contributed by atoms with Gasteiger partial charge in [-0.05, 0) is 50.9 Å². The summed E-state index contributed by atoms with van der Waals surface area (Å²) in [7, 11) is 0. The molecule has 1 heterocycles. The van der Waals surface area contributed by atoms with Gasteiger partial charge >= 0.3 is 5.97 Å². The van der Waals surface area contributed by atoms with E-state index in [2.05, 4.69) is 4.90 Å². The van der Waals surface area contributed by atoms with Crippen molar-refractivity contribution in [1.82, 2.24) is 4.90 Å². The molecule has 1 aliphatic rings. The van der Waals surface area contributed by atoms with Crippen LogP contribution in [0.15, 0.2) is 30.3 Å². The summed E-state index contributed by atoms with van der Waals surface area (Å²) in [5.41, 5.74) is 0. The summed E-state index contributed by atoms with van der Waals surface area (Å²) >= 11 is 0. The van der Waals surface area contributed by atoms with Crippen molar-refractivity contribution in [2.24, 2.45) is 0 Å². The van der Waals surface area contributed by atoms with Crippen LogP contribution in [0.1, 0.15) is 25.7 Å². The molecule has 1 saturated heterocycles. The van der Waals surface area contributed by atoms with Gasteiger partial charge in [-0.25, -0.2) is 0 Å². The van der Waals surface area contributed by atoms with Crippen LogP contribution in [0.5, 0.6) is 5.75 Å². The van der Waals surface area contributed by atoms with Crippen LogP contribution in [0.4, 0.5) is 0 Å². The normalized spacial score (nSPS) is 19.5. The van der Waals surface area contributed by atoms with Gasteiger partial charge in [0.05, 0.1) is 6.61 Å². The van der Waals surface area contributed by atoms with Crippen molar-refractivity contribution in [1.29, 1.82) is 0 Å². The molecule has 0 saturated carbocycles. The number of carboxylic acid groups (broad SMARTS) is 1. The molecule has 1 aromatic rings. The van der Waals surface area contributed by atoms with Crippen LogP contribution in [-0.4, -0.2) is 41.7 Å². The lowest BCUT2D eigenvalue weighted by atomic mass is 10.2. The second kappa shape index (κ2) is 7.14. The Morgan fingerprint density at radius 2 is 2.11 bits per heavy atom. The first kappa shape index (κ1) is 13.9. The van der Waals surface area contributed by atoms with Gasteiger partial charge in [-0.2, -0.15) is 0 Å². The van der Waals surface area contributed by atoms with E-state index in [4.69, 9.17) is 9.84 Å². The number of carboxylic acids is 1. The number of rotatable bonds is 7. The standard InChI is InChI=1S/C15H21NO3/c17-15(18)14-9-6-11-16(14)10-4-5-12-19-13-7-2-1-3-8-13/h1-3,7-8,14H,4-6,9-12H2,(H,17,18)/t14-/m0/s1. The highest BCUT2D eigenvalue weighted by Crippen LogP contribution is 2.18. The van der Waals surface area contributed by atoms with E-state index in [0.29, 0.717) is 6.61 Å². The predicted molar refractivity (Wildman–Crippen MR) is 73.4 cm³/mol. The largest absolute Gasteiger partial charge is 0.494 e. The average molecular weight is 263 g/mol. The number of benzene rings is 1. The summed E-state index contributed by atoms with van der Waals surface area (Å²) < 4.78 is 5.61. The molecule has 1 fully saturated rings. The Balaban J connectivity index is 1.60. The first-order chi connectivity index (χ1) is 9.27. The lowest BCUT2D eigenvalue weighted by Gasteiger charge is -2.20. The van der Waals surface area contributed by atoms with Gasteiger partial charge in [0.2, 0.25) is 0 Å². The third-order valence-corrected chi connectivity index (χ3v) is 3.50. The minimum absolute atomic E-state index is 0.268. The van der Waals surface area contributed by atoms with Gasteiger partial charge in [0, 0.05) is 0 Å². The highest BCUT2D eigenvalue weighted by Gasteiger charge is 2.29. The van der Waals surface area contributed by atoms with Crippen LogP contribution in [0.25, 0.3) is 0 Å². The van der Waals surface area contributed by atoms with Crippen molar-refractivity contribution in [3.05, 3.63) is 30.3 Å². The first-order valence-electron chi connectivity index (χ1n) is 6.92. The maximum Gasteiger partial charge on any atom is 0.320 e. The molecule has 1 N–H and O–H groups in total. The fraction of sp³-hybridized carbons (Fsp3) is 0.533. The molecule has 0 aliphatic carbocycles. The summed E-state index contributed by atoms with van der Waals surface area (Å²) in [6.07, 6.45) is 3.72. The molecule has 19 heavy (non-hydrogen) atoms. The predicted octanol–water partition coefficient (Wildman–Crippen LogP) is 2.39. The van der Waals surface area contributed by atoms with Gasteiger partial charge < -0.3 is 9.84 Å². The number of hydrogen-bond donors (Lipinski definition) is 1. The van der Waals surface area contributed by atoms with E-state index in [1.165, 1.54) is 0 Å². The zero-order valence-electron chi connectivity index (χ0n) is 11.1. The highest BCUT2D eigenvalue weighted by atomic mass is 16.5. The quantitative estimate of drug-likeness (QED) is 0.767. The van der Waals surface area contributed by atoms with Crippen molar-refractivity contribution >= 4 is 5.97 Å².